The van der Waals surface area contributed by atoms with E-state index in [1.165, 1.54) is 36.0 Å². The van der Waals surface area contributed by atoms with Crippen molar-refractivity contribution in [2.45, 2.75) is 17.7 Å². The highest BCUT2D eigenvalue weighted by molar-refractivity contribution is 8.03. The molecule has 8 N–H and O–H groups in total. The predicted molar refractivity (Wildman–Crippen MR) is 134 cm³/mol. The standard InChI is InChI=1S/C19H23N9O5S3/c1-27-10(3-9(20)24-18(27)21)34-4-7-5-35-16-12(15(30)28(16)13(7)17(31)32)25-14(29)11(26-33-2)8-6-36-19(22)23-8/h3,6,12,16,18H,4-5,21H2,1-2H3,(H2,20,24)(H2,22,23)(H,25,29)(H,31,32)/b26-11-/t12-,16-,18?/m1/s1. The maximum absolute atomic E-state index is 13.0. The molecule has 1 unspecified atom stereocenters. The molecule has 1 fully saturated rings. The molecule has 0 radical (unpaired) electrons. The van der Waals surface area contributed by atoms with Crippen molar-refractivity contribution in [3.05, 3.63) is 33.4 Å². The Morgan fingerprint density at radius 1 is 1.44 bits per heavy atom. The van der Waals surface area contributed by atoms with Gasteiger partial charge in [0.15, 0.2) is 10.8 Å². The van der Waals surface area contributed by atoms with Crippen LogP contribution in [-0.2, 0) is 19.2 Å². The van der Waals surface area contributed by atoms with E-state index in [4.69, 9.17) is 22.0 Å². The molecule has 1 aromatic rings. The average molecular weight is 554 g/mol. The molecule has 17 heteroatoms. The van der Waals surface area contributed by atoms with Crippen LogP contribution >= 0.6 is 34.9 Å². The average Bonchev–Trinajstić information content (AvgIpc) is 3.26. The number of β-lactam (4-membered cyclic amide) rings is 1. The maximum atomic E-state index is 13.0. The Kier molecular flexibility index (Phi) is 7.43. The van der Waals surface area contributed by atoms with Gasteiger partial charge in [0.1, 0.15) is 24.2 Å². The first kappa shape index (κ1) is 25.8. The number of hydrogen-bond donors (Lipinski definition) is 5. The first-order chi connectivity index (χ1) is 17.1. The Balaban J connectivity index is 1.49. The monoisotopic (exact) mass is 553 g/mol. The van der Waals surface area contributed by atoms with Gasteiger partial charge in [-0.05, 0) is 5.57 Å². The number of aliphatic carboxylic acids is 1. The summed E-state index contributed by atoms with van der Waals surface area (Å²) in [5.41, 5.74) is 17.8. The fourth-order valence-electron chi connectivity index (χ4n) is 3.67. The van der Waals surface area contributed by atoms with Crippen LogP contribution in [-0.4, -0.2) is 87.5 Å². The quantitative estimate of drug-likeness (QED) is 0.117. The number of nitrogen functional groups attached to an aromatic ring is 1. The third-order valence-corrected chi connectivity index (χ3v) is 8.65. The number of carboxylic acid groups (broad SMARTS) is 1. The largest absolute Gasteiger partial charge is 0.543 e. The van der Waals surface area contributed by atoms with E-state index in [0.29, 0.717) is 17.2 Å². The minimum absolute atomic E-state index is 0.154. The van der Waals surface area contributed by atoms with Crippen LogP contribution < -0.4 is 32.6 Å². The van der Waals surface area contributed by atoms with E-state index in [-0.39, 0.29) is 28.0 Å². The molecule has 0 aliphatic carbocycles. The number of nitrogens with zero attached hydrogens (tertiary/aromatic N) is 4. The number of hydrogen-bond acceptors (Lipinski definition) is 14. The van der Waals surface area contributed by atoms with Crippen LogP contribution in [0.15, 0.2) is 32.9 Å². The smallest absolute Gasteiger partial charge is 0.276 e. The van der Waals surface area contributed by atoms with Gasteiger partial charge >= 0.3 is 0 Å². The molecule has 0 bridgehead atoms. The van der Waals surface area contributed by atoms with E-state index in [2.05, 4.69) is 20.4 Å². The summed E-state index contributed by atoms with van der Waals surface area (Å²) in [4.78, 5) is 52.4. The predicted octanol–water partition coefficient (Wildman–Crippen LogP) is -4.32. The van der Waals surface area contributed by atoms with Crippen molar-refractivity contribution >= 4 is 69.3 Å². The highest BCUT2D eigenvalue weighted by atomic mass is 32.2. The number of amidine groups is 1. The molecule has 14 nitrogen and oxygen atoms in total. The van der Waals surface area contributed by atoms with Crippen molar-refractivity contribution in [2.24, 2.45) is 16.6 Å². The minimum atomic E-state index is -1.47. The zero-order valence-corrected chi connectivity index (χ0v) is 21.5. The Morgan fingerprint density at radius 3 is 2.83 bits per heavy atom. The van der Waals surface area contributed by atoms with E-state index in [1.54, 1.807) is 18.0 Å². The first-order valence-corrected chi connectivity index (χ1v) is 13.3. The summed E-state index contributed by atoms with van der Waals surface area (Å²) in [6.07, 6.45) is 1.17. The topological polar surface area (TPSA) is 219 Å². The fourth-order valence-corrected chi connectivity index (χ4v) is 6.78. The van der Waals surface area contributed by atoms with Gasteiger partial charge in [0.25, 0.3) is 17.6 Å². The number of carbonyl (C=O) groups is 3. The molecule has 0 saturated carbocycles. The molecule has 0 aromatic carbocycles. The summed E-state index contributed by atoms with van der Waals surface area (Å²) in [5, 5.41) is 20.2. The Labute approximate surface area is 217 Å². The number of nitrogens with two attached hydrogens (primary N) is 3. The number of aromatic nitrogens is 1. The number of amides is 2. The molecular formula is C19H23N9O5S3. The third-order valence-electron chi connectivity index (χ3n) is 5.44. The third kappa shape index (κ3) is 4.86. The lowest BCUT2D eigenvalue weighted by molar-refractivity contribution is -0.530. The van der Waals surface area contributed by atoms with Gasteiger partial charge in [0.2, 0.25) is 6.29 Å². The van der Waals surface area contributed by atoms with Crippen LogP contribution in [0.2, 0.25) is 0 Å². The SMILES string of the molecule is CO/N=C(\C(=O)N[C@@H]1C(=O)N2C(C(=O)[O-])=C(CSC3=CC(N)=[NH+]C(N)N3C)CS[C@H]12)c1csc(N)n1. The number of thioether (sulfide) groups is 2. The van der Waals surface area contributed by atoms with E-state index >= 15 is 0 Å². The van der Waals surface area contributed by atoms with E-state index in [0.717, 1.165) is 21.3 Å². The summed E-state index contributed by atoms with van der Waals surface area (Å²) in [6.45, 7) is 0. The highest BCUT2D eigenvalue weighted by Gasteiger charge is 2.53. The Hall–Kier alpha value is -3.28. The Bertz CT molecular complexity index is 1230. The number of oxime groups is 1. The molecule has 192 valence electrons. The molecule has 3 atom stereocenters. The number of anilines is 1. The molecule has 3 aliphatic heterocycles. The minimum Gasteiger partial charge on any atom is -0.543 e. The van der Waals surface area contributed by atoms with Crippen molar-refractivity contribution in [3.63, 3.8) is 0 Å². The summed E-state index contributed by atoms with van der Waals surface area (Å²) in [5.74, 6) is -1.76. The number of thiazole rings is 1. The van der Waals surface area contributed by atoms with Crippen molar-refractivity contribution in [1.82, 2.24) is 20.1 Å². The lowest BCUT2D eigenvalue weighted by atomic mass is 10.0. The van der Waals surface area contributed by atoms with E-state index < -0.39 is 35.5 Å². The normalized spacial score (nSPS) is 24.0. The lowest BCUT2D eigenvalue weighted by Crippen LogP contribution is -2.89. The molecular weight excluding hydrogens is 530 g/mol. The van der Waals surface area contributed by atoms with Crippen molar-refractivity contribution in [2.75, 3.05) is 31.4 Å². The van der Waals surface area contributed by atoms with Crippen LogP contribution in [0.1, 0.15) is 5.69 Å². The van der Waals surface area contributed by atoms with Crippen LogP contribution in [0, 0.1) is 0 Å². The molecule has 4 rings (SSSR count). The summed E-state index contributed by atoms with van der Waals surface area (Å²) in [6, 6.07) is -0.963. The number of fused-ring (bicyclic) bond motifs is 1. The summed E-state index contributed by atoms with van der Waals surface area (Å²) in [7, 11) is 3.04. The van der Waals surface area contributed by atoms with Gasteiger partial charge in [0.05, 0.1) is 22.8 Å². The second-order valence-corrected chi connectivity index (χ2v) is 10.7. The zero-order chi connectivity index (χ0) is 26.1. The van der Waals surface area contributed by atoms with E-state index in [1.807, 2.05) is 0 Å². The zero-order valence-electron chi connectivity index (χ0n) is 19.1. The molecule has 3 aliphatic rings. The number of nitrogens with one attached hydrogen (secondary N) is 2. The maximum Gasteiger partial charge on any atom is 0.276 e. The van der Waals surface area contributed by atoms with Gasteiger partial charge in [-0.2, -0.15) is 0 Å². The molecule has 4 heterocycles. The van der Waals surface area contributed by atoms with Crippen molar-refractivity contribution in [3.8, 4) is 0 Å². The second kappa shape index (κ2) is 10.4. The van der Waals surface area contributed by atoms with Crippen LogP contribution in [0.3, 0.4) is 0 Å². The number of carboxylic acids is 1. The van der Waals surface area contributed by atoms with Gasteiger partial charge in [-0.15, -0.1) is 34.9 Å². The fraction of sp³-hybridized carbons (Fsp3) is 0.368. The molecule has 2 amide bonds. The highest BCUT2D eigenvalue weighted by Crippen LogP contribution is 2.41. The summed E-state index contributed by atoms with van der Waals surface area (Å²) < 4.78 is 0. The Morgan fingerprint density at radius 2 is 2.19 bits per heavy atom. The van der Waals surface area contributed by atoms with Crippen LogP contribution in [0.5, 0.6) is 0 Å². The molecule has 36 heavy (non-hydrogen) atoms. The van der Waals surface area contributed by atoms with Crippen LogP contribution in [0.25, 0.3) is 0 Å². The van der Waals surface area contributed by atoms with Crippen LogP contribution in [0.4, 0.5) is 5.13 Å². The molecule has 1 saturated heterocycles. The van der Waals surface area contributed by atoms with Gasteiger partial charge in [-0.1, -0.05) is 5.16 Å². The van der Waals surface area contributed by atoms with Gasteiger partial charge in [0, 0.05) is 23.9 Å². The first-order valence-electron chi connectivity index (χ1n) is 10.4. The van der Waals surface area contributed by atoms with Gasteiger partial charge in [-0.3, -0.25) is 26.0 Å². The van der Waals surface area contributed by atoms with Gasteiger partial charge < -0.3 is 30.7 Å². The second-order valence-electron chi connectivity index (χ2n) is 7.72. The lowest BCUT2D eigenvalue weighted by Gasteiger charge is -2.50. The van der Waals surface area contributed by atoms with Gasteiger partial charge in [-0.25, -0.2) is 9.98 Å². The number of rotatable bonds is 8. The summed E-state index contributed by atoms with van der Waals surface area (Å²) >= 11 is 3.79. The molecule has 1 aromatic heterocycles. The van der Waals surface area contributed by atoms with Crippen molar-refractivity contribution < 1.29 is 29.3 Å². The van der Waals surface area contributed by atoms with Crippen molar-refractivity contribution in [1.29, 1.82) is 0 Å². The molecule has 0 spiro atoms. The van der Waals surface area contributed by atoms with E-state index in [9.17, 15) is 19.5 Å². The number of carbonyl (C=O) groups excluding carboxylic acids is 3.